The Kier molecular flexibility index (Phi) is 5.67. The molecule has 1 heterocycles. The zero-order chi connectivity index (χ0) is 23.7. The number of carbonyl (C=O) groups is 2. The van der Waals surface area contributed by atoms with Crippen molar-refractivity contribution in [3.8, 4) is 6.07 Å². The van der Waals surface area contributed by atoms with Crippen molar-refractivity contribution in [3.63, 3.8) is 0 Å². The number of hydrogen-bond acceptors (Lipinski definition) is 4. The van der Waals surface area contributed by atoms with Gasteiger partial charge in [0.25, 0.3) is 0 Å². The molecule has 0 saturated carbocycles. The Balaban J connectivity index is 1.39. The third-order valence-corrected chi connectivity index (χ3v) is 7.37. The lowest BCUT2D eigenvalue weighted by Crippen LogP contribution is -2.34. The van der Waals surface area contributed by atoms with E-state index >= 15 is 0 Å². The number of anilines is 1. The Morgan fingerprint density at radius 3 is 2.32 bits per heavy atom. The van der Waals surface area contributed by atoms with Crippen molar-refractivity contribution in [2.45, 2.75) is 31.6 Å². The van der Waals surface area contributed by atoms with Gasteiger partial charge in [-0.1, -0.05) is 54.6 Å². The normalized spacial score (nSPS) is 18.3. The Morgan fingerprint density at radius 1 is 1.00 bits per heavy atom. The first kappa shape index (κ1) is 21.9. The van der Waals surface area contributed by atoms with Gasteiger partial charge in [0.2, 0.25) is 0 Å². The van der Waals surface area contributed by atoms with Crippen molar-refractivity contribution in [2.75, 3.05) is 18.0 Å². The number of carboxylic acid groups (broad SMARTS) is 1. The summed E-state index contributed by atoms with van der Waals surface area (Å²) in [6.07, 6.45) is 1.64. The van der Waals surface area contributed by atoms with Gasteiger partial charge in [0.1, 0.15) is 6.07 Å². The zero-order valence-electron chi connectivity index (χ0n) is 18.9. The van der Waals surface area contributed by atoms with Crippen LogP contribution in [0.2, 0.25) is 0 Å². The van der Waals surface area contributed by atoms with Gasteiger partial charge < -0.3 is 10.0 Å². The predicted octanol–water partition coefficient (Wildman–Crippen LogP) is 4.99. The van der Waals surface area contributed by atoms with E-state index in [0.717, 1.165) is 36.3 Å². The Bertz CT molecular complexity index is 1270. The SMILES string of the molecule is N#Cc1ccc(C(=O)CC2(C(=O)O)Cc3ccccc3C2)cc1N1CCC(c2ccccc2)C1. The molecule has 0 spiro atoms. The average Bonchev–Trinajstić information content (AvgIpc) is 3.50. The van der Waals surface area contributed by atoms with Crippen LogP contribution in [0.1, 0.15) is 51.4 Å². The maximum Gasteiger partial charge on any atom is 0.310 e. The first-order valence-corrected chi connectivity index (χ1v) is 11.7. The standard InChI is InChI=1S/C29H26N2O3/c30-18-24-11-10-21(14-26(24)31-13-12-25(19-31)20-6-2-1-3-7-20)27(32)17-29(28(33)34)15-22-8-4-5-9-23(22)16-29/h1-11,14,25H,12-13,15-17,19H2,(H,33,34). The summed E-state index contributed by atoms with van der Waals surface area (Å²) in [7, 11) is 0. The van der Waals surface area contributed by atoms with Gasteiger partial charge in [-0.15, -0.1) is 0 Å². The summed E-state index contributed by atoms with van der Waals surface area (Å²) < 4.78 is 0. The molecule has 5 heteroatoms. The lowest BCUT2D eigenvalue weighted by Gasteiger charge is -2.24. The molecule has 3 aromatic carbocycles. The summed E-state index contributed by atoms with van der Waals surface area (Å²) in [5, 5.41) is 19.8. The largest absolute Gasteiger partial charge is 0.481 e. The smallest absolute Gasteiger partial charge is 0.310 e. The van der Waals surface area contributed by atoms with Crippen LogP contribution < -0.4 is 4.90 Å². The number of fused-ring (bicyclic) bond motifs is 1. The average molecular weight is 451 g/mol. The van der Waals surface area contributed by atoms with Crippen molar-refractivity contribution >= 4 is 17.4 Å². The van der Waals surface area contributed by atoms with Gasteiger partial charge in [-0.25, -0.2) is 0 Å². The third-order valence-electron chi connectivity index (χ3n) is 7.37. The second-order valence-corrected chi connectivity index (χ2v) is 9.49. The highest BCUT2D eigenvalue weighted by Gasteiger charge is 2.45. The van der Waals surface area contributed by atoms with Crippen molar-refractivity contribution < 1.29 is 14.7 Å². The van der Waals surface area contributed by atoms with Crippen LogP contribution in [-0.4, -0.2) is 29.9 Å². The molecule has 0 amide bonds. The topological polar surface area (TPSA) is 81.4 Å². The number of hydrogen-bond donors (Lipinski definition) is 1. The first-order chi connectivity index (χ1) is 16.5. The molecule has 170 valence electrons. The van der Waals surface area contributed by atoms with Crippen LogP contribution in [0.3, 0.4) is 0 Å². The minimum Gasteiger partial charge on any atom is -0.481 e. The quantitative estimate of drug-likeness (QED) is 0.535. The van der Waals surface area contributed by atoms with Gasteiger partial charge in [0.15, 0.2) is 5.78 Å². The number of nitriles is 1. The minimum atomic E-state index is -1.12. The number of carboxylic acids is 1. The molecule has 1 atom stereocenters. The molecule has 5 nitrogen and oxygen atoms in total. The lowest BCUT2D eigenvalue weighted by molar-refractivity contribution is -0.148. The van der Waals surface area contributed by atoms with Gasteiger partial charge in [-0.3, -0.25) is 9.59 Å². The fourth-order valence-corrected chi connectivity index (χ4v) is 5.49. The van der Waals surface area contributed by atoms with E-state index in [-0.39, 0.29) is 12.2 Å². The first-order valence-electron chi connectivity index (χ1n) is 11.7. The molecule has 34 heavy (non-hydrogen) atoms. The highest BCUT2D eigenvalue weighted by atomic mass is 16.4. The van der Waals surface area contributed by atoms with E-state index in [9.17, 15) is 20.0 Å². The number of nitrogens with zero attached hydrogens (tertiary/aromatic N) is 2. The highest BCUT2D eigenvalue weighted by molar-refractivity contribution is 6.00. The number of benzene rings is 3. The molecule has 0 aromatic heterocycles. The number of aliphatic carboxylic acids is 1. The Labute approximate surface area is 199 Å². The molecular formula is C29H26N2O3. The van der Waals surface area contributed by atoms with E-state index in [0.29, 0.717) is 29.9 Å². The molecule has 1 aliphatic carbocycles. The van der Waals surface area contributed by atoms with E-state index in [1.807, 2.05) is 42.5 Å². The molecule has 5 rings (SSSR count). The molecule has 3 aromatic rings. The maximum absolute atomic E-state index is 13.3. The number of carbonyl (C=O) groups excluding carboxylic acids is 1. The Hall–Kier alpha value is -3.91. The van der Waals surface area contributed by atoms with Crippen molar-refractivity contribution in [1.82, 2.24) is 0 Å². The van der Waals surface area contributed by atoms with E-state index in [4.69, 9.17) is 0 Å². The van der Waals surface area contributed by atoms with Gasteiger partial charge in [0, 0.05) is 31.0 Å². The summed E-state index contributed by atoms with van der Waals surface area (Å²) in [5.74, 6) is -0.754. The predicted molar refractivity (Wildman–Crippen MR) is 130 cm³/mol. The summed E-state index contributed by atoms with van der Waals surface area (Å²) in [6.45, 7) is 1.59. The summed E-state index contributed by atoms with van der Waals surface area (Å²) >= 11 is 0. The van der Waals surface area contributed by atoms with Crippen LogP contribution in [-0.2, 0) is 17.6 Å². The van der Waals surface area contributed by atoms with E-state index in [2.05, 4.69) is 23.1 Å². The fraction of sp³-hybridized carbons (Fsp3) is 0.276. The van der Waals surface area contributed by atoms with Crippen molar-refractivity contribution in [3.05, 3.63) is 101 Å². The summed E-state index contributed by atoms with van der Waals surface area (Å²) in [4.78, 5) is 27.8. The number of Topliss-reactive ketones (excluding diaryl/α,β-unsaturated/α-hetero) is 1. The van der Waals surface area contributed by atoms with Gasteiger partial charge >= 0.3 is 5.97 Å². The molecule has 1 N–H and O–H groups in total. The number of ketones is 1. The zero-order valence-corrected chi connectivity index (χ0v) is 18.9. The molecule has 2 aliphatic rings. The van der Waals surface area contributed by atoms with E-state index in [1.54, 1.807) is 18.2 Å². The van der Waals surface area contributed by atoms with Gasteiger partial charge in [-0.2, -0.15) is 5.26 Å². The molecule has 1 aliphatic heterocycles. The number of rotatable bonds is 6. The van der Waals surface area contributed by atoms with Crippen molar-refractivity contribution in [1.29, 1.82) is 5.26 Å². The maximum atomic E-state index is 13.3. The van der Waals surface area contributed by atoms with Gasteiger partial charge in [-0.05, 0) is 54.2 Å². The Morgan fingerprint density at radius 2 is 1.68 bits per heavy atom. The summed E-state index contributed by atoms with van der Waals surface area (Å²) in [5.41, 5.74) is 3.91. The van der Waals surface area contributed by atoms with Gasteiger partial charge in [0.05, 0.1) is 16.7 Å². The molecular weight excluding hydrogens is 424 g/mol. The van der Waals surface area contributed by atoms with Crippen molar-refractivity contribution in [2.24, 2.45) is 5.41 Å². The second kappa shape index (κ2) is 8.79. The van der Waals surface area contributed by atoms with Crippen LogP contribution in [0.15, 0.2) is 72.8 Å². The van der Waals surface area contributed by atoms with Crippen LogP contribution in [0, 0.1) is 16.7 Å². The third kappa shape index (κ3) is 3.97. The lowest BCUT2D eigenvalue weighted by atomic mass is 9.78. The molecule has 1 saturated heterocycles. The minimum absolute atomic E-state index is 0.0605. The fourth-order valence-electron chi connectivity index (χ4n) is 5.49. The molecule has 0 bridgehead atoms. The summed E-state index contributed by atoms with van der Waals surface area (Å²) in [6, 6.07) is 25.4. The molecule has 0 radical (unpaired) electrons. The van der Waals surface area contributed by atoms with Crippen LogP contribution >= 0.6 is 0 Å². The van der Waals surface area contributed by atoms with Crippen LogP contribution in [0.5, 0.6) is 0 Å². The van der Waals surface area contributed by atoms with E-state index in [1.165, 1.54) is 5.56 Å². The molecule has 1 fully saturated rings. The second-order valence-electron chi connectivity index (χ2n) is 9.49. The monoisotopic (exact) mass is 450 g/mol. The highest BCUT2D eigenvalue weighted by Crippen LogP contribution is 2.41. The van der Waals surface area contributed by atoms with Crippen LogP contribution in [0.25, 0.3) is 0 Å². The van der Waals surface area contributed by atoms with E-state index < -0.39 is 11.4 Å². The van der Waals surface area contributed by atoms with Crippen LogP contribution in [0.4, 0.5) is 5.69 Å². The molecule has 1 unspecified atom stereocenters.